The van der Waals surface area contributed by atoms with E-state index in [4.69, 9.17) is 5.73 Å². The molecular formula is C24H36N4O6S. The van der Waals surface area contributed by atoms with E-state index in [-0.39, 0.29) is 24.0 Å². The second-order valence-electron chi connectivity index (χ2n) is 9.08. The zero-order chi connectivity index (χ0) is 26.1. The molecule has 0 spiro atoms. The Balaban J connectivity index is 2.07. The molecular weight excluding hydrogens is 472 g/mol. The molecule has 1 fully saturated rings. The number of phenols is 1. The van der Waals surface area contributed by atoms with Gasteiger partial charge in [0.15, 0.2) is 0 Å². The number of aliphatic carboxylic acids is 1. The van der Waals surface area contributed by atoms with Gasteiger partial charge in [0.05, 0.1) is 6.04 Å². The minimum absolute atomic E-state index is 0.119. The molecule has 4 unspecified atom stereocenters. The number of carboxylic acids is 1. The summed E-state index contributed by atoms with van der Waals surface area (Å²) in [5, 5.41) is 24.1. The molecule has 4 atom stereocenters. The van der Waals surface area contributed by atoms with Crippen LogP contribution in [-0.2, 0) is 25.6 Å². The summed E-state index contributed by atoms with van der Waals surface area (Å²) < 4.78 is 0. The molecule has 10 nitrogen and oxygen atoms in total. The highest BCUT2D eigenvalue weighted by Crippen LogP contribution is 2.20. The van der Waals surface area contributed by atoms with E-state index in [1.807, 2.05) is 6.26 Å². The van der Waals surface area contributed by atoms with E-state index in [0.29, 0.717) is 31.6 Å². The Hall–Kier alpha value is -2.79. The fourth-order valence-electron chi connectivity index (χ4n) is 4.03. The van der Waals surface area contributed by atoms with Crippen LogP contribution >= 0.6 is 11.8 Å². The second-order valence-corrected chi connectivity index (χ2v) is 10.1. The number of carbonyl (C=O) groups is 4. The summed E-state index contributed by atoms with van der Waals surface area (Å²) >= 11 is 1.50. The van der Waals surface area contributed by atoms with Crippen molar-refractivity contribution in [3.8, 4) is 5.75 Å². The van der Waals surface area contributed by atoms with E-state index in [9.17, 15) is 29.4 Å². The zero-order valence-electron chi connectivity index (χ0n) is 20.4. The van der Waals surface area contributed by atoms with Crippen LogP contribution in [0.4, 0.5) is 0 Å². The van der Waals surface area contributed by atoms with Crippen molar-refractivity contribution in [2.75, 3.05) is 18.6 Å². The van der Waals surface area contributed by atoms with Gasteiger partial charge >= 0.3 is 5.97 Å². The van der Waals surface area contributed by atoms with Crippen molar-refractivity contribution in [3.63, 3.8) is 0 Å². The number of carbonyl (C=O) groups excluding carboxylic acids is 3. The molecule has 35 heavy (non-hydrogen) atoms. The lowest BCUT2D eigenvalue weighted by Crippen LogP contribution is -2.57. The van der Waals surface area contributed by atoms with Crippen molar-refractivity contribution in [2.45, 2.75) is 63.7 Å². The minimum Gasteiger partial charge on any atom is -0.508 e. The Morgan fingerprint density at radius 1 is 1.17 bits per heavy atom. The van der Waals surface area contributed by atoms with Crippen LogP contribution in [0.3, 0.4) is 0 Å². The molecule has 3 amide bonds. The van der Waals surface area contributed by atoms with Crippen LogP contribution < -0.4 is 16.4 Å². The Bertz CT molecular complexity index is 895. The molecule has 1 aliphatic heterocycles. The summed E-state index contributed by atoms with van der Waals surface area (Å²) in [4.78, 5) is 52.0. The number of rotatable bonds is 12. The van der Waals surface area contributed by atoms with E-state index in [0.717, 1.165) is 5.56 Å². The smallest absolute Gasteiger partial charge is 0.326 e. The largest absolute Gasteiger partial charge is 0.508 e. The van der Waals surface area contributed by atoms with Crippen LogP contribution in [0.15, 0.2) is 24.3 Å². The lowest BCUT2D eigenvalue weighted by atomic mass is 10.0. The molecule has 0 saturated carbocycles. The van der Waals surface area contributed by atoms with Crippen molar-refractivity contribution in [2.24, 2.45) is 11.7 Å². The van der Waals surface area contributed by atoms with E-state index in [2.05, 4.69) is 10.6 Å². The van der Waals surface area contributed by atoms with Gasteiger partial charge in [0.2, 0.25) is 17.7 Å². The molecule has 194 valence electrons. The van der Waals surface area contributed by atoms with Crippen molar-refractivity contribution < 1.29 is 29.4 Å². The van der Waals surface area contributed by atoms with Crippen LogP contribution in [0.2, 0.25) is 0 Å². The van der Waals surface area contributed by atoms with Gasteiger partial charge in [0, 0.05) is 6.54 Å². The van der Waals surface area contributed by atoms with E-state index in [1.165, 1.54) is 28.8 Å². The Kier molecular flexibility index (Phi) is 10.8. The van der Waals surface area contributed by atoms with E-state index >= 15 is 0 Å². The number of aromatic hydroxyl groups is 1. The Morgan fingerprint density at radius 3 is 2.40 bits per heavy atom. The first-order chi connectivity index (χ1) is 16.5. The number of benzene rings is 1. The number of nitrogens with one attached hydrogen (secondary N) is 2. The molecule has 6 N–H and O–H groups in total. The second kappa shape index (κ2) is 13.3. The first-order valence-corrected chi connectivity index (χ1v) is 13.1. The number of thioether (sulfide) groups is 1. The highest BCUT2D eigenvalue weighted by molar-refractivity contribution is 7.98. The standard InChI is InChI=1S/C24H36N4O6S/c1-14(2)20(24(33)34)27-21(30)18(10-12-35-3)26-22(31)19-5-4-11-28(19)23(32)17(25)13-15-6-8-16(29)9-7-15/h6-9,14,17-20,29H,4-5,10-13,25H2,1-3H3,(H,26,31)(H,27,30)(H,33,34). The molecule has 1 saturated heterocycles. The van der Waals surface area contributed by atoms with Crippen LogP contribution in [0, 0.1) is 5.92 Å². The third-order valence-electron chi connectivity index (χ3n) is 6.02. The molecule has 0 radical (unpaired) electrons. The molecule has 1 aromatic rings. The van der Waals surface area contributed by atoms with Gasteiger partial charge < -0.3 is 31.5 Å². The van der Waals surface area contributed by atoms with Gasteiger partial charge in [-0.3, -0.25) is 14.4 Å². The Labute approximate surface area is 210 Å². The Morgan fingerprint density at radius 2 is 1.83 bits per heavy atom. The van der Waals surface area contributed by atoms with Gasteiger partial charge in [0.25, 0.3) is 0 Å². The number of nitrogens with zero attached hydrogens (tertiary/aromatic N) is 1. The van der Waals surface area contributed by atoms with Crippen molar-refractivity contribution in [1.82, 2.24) is 15.5 Å². The maximum atomic E-state index is 13.1. The fraction of sp³-hybridized carbons (Fsp3) is 0.583. The summed E-state index contributed by atoms with van der Waals surface area (Å²) in [5.41, 5.74) is 6.94. The van der Waals surface area contributed by atoms with Crippen LogP contribution in [0.5, 0.6) is 5.75 Å². The van der Waals surface area contributed by atoms with Gasteiger partial charge in [-0.1, -0.05) is 26.0 Å². The number of nitrogens with two attached hydrogens (primary N) is 1. The van der Waals surface area contributed by atoms with Crippen LogP contribution in [-0.4, -0.2) is 81.5 Å². The summed E-state index contributed by atoms with van der Waals surface area (Å²) in [5.74, 6) is -2.13. The predicted octanol–water partition coefficient (Wildman–Crippen LogP) is 0.716. The maximum Gasteiger partial charge on any atom is 0.326 e. The number of likely N-dealkylation sites (tertiary alicyclic amines) is 1. The highest BCUT2D eigenvalue weighted by Gasteiger charge is 2.38. The minimum atomic E-state index is -1.14. The highest BCUT2D eigenvalue weighted by atomic mass is 32.2. The fourth-order valence-corrected chi connectivity index (χ4v) is 4.50. The number of hydrogen-bond donors (Lipinski definition) is 5. The van der Waals surface area contributed by atoms with E-state index in [1.54, 1.807) is 26.0 Å². The SMILES string of the molecule is CSCCC(NC(=O)C1CCCN1C(=O)C(N)Cc1ccc(O)cc1)C(=O)NC(C(=O)O)C(C)C. The summed E-state index contributed by atoms with van der Waals surface area (Å²) in [6.07, 6.45) is 3.53. The van der Waals surface area contributed by atoms with Gasteiger partial charge in [-0.05, 0) is 61.3 Å². The van der Waals surface area contributed by atoms with Gasteiger partial charge in [-0.25, -0.2) is 4.79 Å². The number of hydrogen-bond acceptors (Lipinski definition) is 7. The molecule has 0 aliphatic carbocycles. The lowest BCUT2D eigenvalue weighted by molar-refractivity contribution is -0.144. The van der Waals surface area contributed by atoms with Crippen molar-refractivity contribution in [1.29, 1.82) is 0 Å². The predicted molar refractivity (Wildman–Crippen MR) is 134 cm³/mol. The van der Waals surface area contributed by atoms with Crippen molar-refractivity contribution in [3.05, 3.63) is 29.8 Å². The molecule has 1 aliphatic rings. The summed E-state index contributed by atoms with van der Waals surface area (Å²) in [6, 6.07) is 2.82. The number of phenolic OH excluding ortho intramolecular Hbond substituents is 1. The molecule has 2 rings (SSSR count). The van der Waals surface area contributed by atoms with Gasteiger partial charge in [-0.15, -0.1) is 0 Å². The summed E-state index contributed by atoms with van der Waals surface area (Å²) in [6.45, 7) is 3.77. The first-order valence-electron chi connectivity index (χ1n) is 11.7. The van der Waals surface area contributed by atoms with Gasteiger partial charge in [-0.2, -0.15) is 11.8 Å². The quantitative estimate of drug-likeness (QED) is 0.276. The maximum absolute atomic E-state index is 13.1. The normalized spacial score (nSPS) is 18.1. The molecule has 1 heterocycles. The van der Waals surface area contributed by atoms with Crippen LogP contribution in [0.1, 0.15) is 38.7 Å². The molecule has 1 aromatic carbocycles. The zero-order valence-corrected chi connectivity index (χ0v) is 21.2. The van der Waals surface area contributed by atoms with Gasteiger partial charge in [0.1, 0.15) is 23.9 Å². The van der Waals surface area contributed by atoms with Crippen molar-refractivity contribution >= 4 is 35.5 Å². The molecule has 0 bridgehead atoms. The summed E-state index contributed by atoms with van der Waals surface area (Å²) in [7, 11) is 0. The lowest BCUT2D eigenvalue weighted by Gasteiger charge is -2.29. The monoisotopic (exact) mass is 508 g/mol. The van der Waals surface area contributed by atoms with Crippen LogP contribution in [0.25, 0.3) is 0 Å². The average molecular weight is 509 g/mol. The third kappa shape index (κ3) is 8.14. The third-order valence-corrected chi connectivity index (χ3v) is 6.67. The molecule has 11 heteroatoms. The average Bonchev–Trinajstić information content (AvgIpc) is 3.30. The van der Waals surface area contributed by atoms with E-state index < -0.39 is 42.0 Å². The first kappa shape index (κ1) is 28.4. The topological polar surface area (TPSA) is 162 Å². The number of amides is 3. The number of carboxylic acid groups (broad SMARTS) is 1. The molecule has 0 aromatic heterocycles.